The SMILES string of the molecule is C=CCC(CCOCc1ccccc1)NCc1ccccc1. The van der Waals surface area contributed by atoms with Crippen molar-refractivity contribution in [3.63, 3.8) is 0 Å². The van der Waals surface area contributed by atoms with E-state index in [-0.39, 0.29) is 0 Å². The zero-order chi connectivity index (χ0) is 15.5. The fourth-order valence-electron chi connectivity index (χ4n) is 2.35. The average molecular weight is 295 g/mol. The van der Waals surface area contributed by atoms with Crippen LogP contribution in [0.5, 0.6) is 0 Å². The van der Waals surface area contributed by atoms with Crippen LogP contribution in [-0.4, -0.2) is 12.6 Å². The van der Waals surface area contributed by atoms with E-state index in [2.05, 4.69) is 48.3 Å². The van der Waals surface area contributed by atoms with Gasteiger partial charge in [-0.25, -0.2) is 0 Å². The molecule has 116 valence electrons. The zero-order valence-corrected chi connectivity index (χ0v) is 13.1. The van der Waals surface area contributed by atoms with Crippen LogP contribution >= 0.6 is 0 Å². The molecule has 2 nitrogen and oxygen atoms in total. The molecule has 0 saturated carbocycles. The molecule has 0 aliphatic carbocycles. The molecule has 22 heavy (non-hydrogen) atoms. The largest absolute Gasteiger partial charge is 0.377 e. The van der Waals surface area contributed by atoms with Gasteiger partial charge >= 0.3 is 0 Å². The fourth-order valence-corrected chi connectivity index (χ4v) is 2.35. The van der Waals surface area contributed by atoms with Gasteiger partial charge in [0.2, 0.25) is 0 Å². The van der Waals surface area contributed by atoms with Crippen molar-refractivity contribution >= 4 is 0 Å². The second kappa shape index (κ2) is 9.93. The van der Waals surface area contributed by atoms with Gasteiger partial charge in [-0.3, -0.25) is 0 Å². The maximum absolute atomic E-state index is 5.77. The molecule has 0 aliphatic heterocycles. The van der Waals surface area contributed by atoms with Crippen LogP contribution in [0.3, 0.4) is 0 Å². The lowest BCUT2D eigenvalue weighted by molar-refractivity contribution is 0.111. The quantitative estimate of drug-likeness (QED) is 0.520. The van der Waals surface area contributed by atoms with Crippen LogP contribution in [0.25, 0.3) is 0 Å². The molecule has 0 bridgehead atoms. The third-order valence-electron chi connectivity index (χ3n) is 3.61. The maximum Gasteiger partial charge on any atom is 0.0716 e. The van der Waals surface area contributed by atoms with Crippen molar-refractivity contribution in [2.45, 2.75) is 32.0 Å². The van der Waals surface area contributed by atoms with Crippen LogP contribution in [-0.2, 0) is 17.9 Å². The van der Waals surface area contributed by atoms with E-state index in [1.165, 1.54) is 11.1 Å². The molecule has 1 unspecified atom stereocenters. The molecule has 0 aromatic heterocycles. The molecule has 0 heterocycles. The van der Waals surface area contributed by atoms with Crippen LogP contribution in [0.2, 0.25) is 0 Å². The number of benzene rings is 2. The van der Waals surface area contributed by atoms with Gasteiger partial charge < -0.3 is 10.1 Å². The predicted molar refractivity (Wildman–Crippen MR) is 92.6 cm³/mol. The molecule has 0 spiro atoms. The summed E-state index contributed by atoms with van der Waals surface area (Å²) in [5, 5.41) is 3.58. The third kappa shape index (κ3) is 6.25. The Morgan fingerprint density at radius 3 is 2.23 bits per heavy atom. The predicted octanol–water partition coefficient (Wildman–Crippen LogP) is 4.33. The molecule has 2 aromatic rings. The van der Waals surface area contributed by atoms with E-state index in [1.54, 1.807) is 0 Å². The Hall–Kier alpha value is -1.90. The highest BCUT2D eigenvalue weighted by Gasteiger charge is 2.06. The molecule has 2 rings (SSSR count). The Bertz CT molecular complexity index is 524. The van der Waals surface area contributed by atoms with Crippen molar-refractivity contribution in [2.24, 2.45) is 0 Å². The standard InChI is InChI=1S/C20H25NO/c1-2-9-20(21-16-18-10-5-3-6-11-18)14-15-22-17-19-12-7-4-8-13-19/h2-8,10-13,20-21H,1,9,14-17H2. The van der Waals surface area contributed by atoms with Crippen LogP contribution in [0.1, 0.15) is 24.0 Å². The van der Waals surface area contributed by atoms with Crippen LogP contribution in [0.15, 0.2) is 73.3 Å². The van der Waals surface area contributed by atoms with Crippen molar-refractivity contribution in [2.75, 3.05) is 6.61 Å². The lowest BCUT2D eigenvalue weighted by atomic mass is 10.1. The summed E-state index contributed by atoms with van der Waals surface area (Å²) in [5.74, 6) is 0. The molecule has 0 amide bonds. The first-order chi connectivity index (χ1) is 10.9. The molecule has 0 fully saturated rings. The second-order valence-corrected chi connectivity index (χ2v) is 5.41. The zero-order valence-electron chi connectivity index (χ0n) is 13.1. The summed E-state index contributed by atoms with van der Waals surface area (Å²) in [4.78, 5) is 0. The van der Waals surface area contributed by atoms with E-state index >= 15 is 0 Å². The van der Waals surface area contributed by atoms with E-state index in [9.17, 15) is 0 Å². The molecule has 0 radical (unpaired) electrons. The summed E-state index contributed by atoms with van der Waals surface area (Å²) in [6, 6.07) is 21.2. The van der Waals surface area contributed by atoms with E-state index in [1.807, 2.05) is 30.3 Å². The minimum absolute atomic E-state index is 0.411. The Balaban J connectivity index is 1.68. The van der Waals surface area contributed by atoms with Crippen LogP contribution in [0, 0.1) is 0 Å². The summed E-state index contributed by atoms with van der Waals surface area (Å²) >= 11 is 0. The molecule has 0 saturated heterocycles. The third-order valence-corrected chi connectivity index (χ3v) is 3.61. The molecular weight excluding hydrogens is 270 g/mol. The Labute approximate surface area is 133 Å². The average Bonchev–Trinajstić information content (AvgIpc) is 2.58. The highest BCUT2D eigenvalue weighted by atomic mass is 16.5. The second-order valence-electron chi connectivity index (χ2n) is 5.41. The van der Waals surface area contributed by atoms with Gasteiger partial charge in [0.1, 0.15) is 0 Å². The van der Waals surface area contributed by atoms with Gasteiger partial charge in [-0.05, 0) is 24.0 Å². The summed E-state index contributed by atoms with van der Waals surface area (Å²) < 4.78 is 5.77. The smallest absolute Gasteiger partial charge is 0.0716 e. The minimum atomic E-state index is 0.411. The molecule has 1 N–H and O–H groups in total. The summed E-state index contributed by atoms with van der Waals surface area (Å²) in [6.45, 7) is 6.18. The lowest BCUT2D eigenvalue weighted by Crippen LogP contribution is -2.29. The summed E-state index contributed by atoms with van der Waals surface area (Å²) in [5.41, 5.74) is 2.53. The Morgan fingerprint density at radius 2 is 1.59 bits per heavy atom. The monoisotopic (exact) mass is 295 g/mol. The van der Waals surface area contributed by atoms with Gasteiger partial charge in [-0.1, -0.05) is 66.7 Å². The number of hydrogen-bond donors (Lipinski definition) is 1. The van der Waals surface area contributed by atoms with Crippen molar-refractivity contribution < 1.29 is 4.74 Å². The first-order valence-electron chi connectivity index (χ1n) is 7.88. The normalized spacial score (nSPS) is 12.0. The van der Waals surface area contributed by atoms with Gasteiger partial charge in [-0.15, -0.1) is 6.58 Å². The minimum Gasteiger partial charge on any atom is -0.377 e. The van der Waals surface area contributed by atoms with Crippen molar-refractivity contribution in [3.8, 4) is 0 Å². The van der Waals surface area contributed by atoms with E-state index in [0.717, 1.165) is 26.0 Å². The van der Waals surface area contributed by atoms with Crippen LogP contribution < -0.4 is 5.32 Å². The number of rotatable bonds is 10. The number of ether oxygens (including phenoxy) is 1. The highest BCUT2D eigenvalue weighted by Crippen LogP contribution is 2.06. The molecule has 1 atom stereocenters. The summed E-state index contributed by atoms with van der Waals surface area (Å²) in [6.07, 6.45) is 3.92. The molecule has 0 aliphatic rings. The van der Waals surface area contributed by atoms with Crippen molar-refractivity contribution in [3.05, 3.63) is 84.4 Å². The molecular formula is C20H25NO. The van der Waals surface area contributed by atoms with Gasteiger partial charge in [0.15, 0.2) is 0 Å². The van der Waals surface area contributed by atoms with Gasteiger partial charge in [0, 0.05) is 19.2 Å². The van der Waals surface area contributed by atoms with Crippen LogP contribution in [0.4, 0.5) is 0 Å². The van der Waals surface area contributed by atoms with E-state index < -0.39 is 0 Å². The van der Waals surface area contributed by atoms with Crippen molar-refractivity contribution in [1.82, 2.24) is 5.32 Å². The topological polar surface area (TPSA) is 21.3 Å². The van der Waals surface area contributed by atoms with Gasteiger partial charge in [-0.2, -0.15) is 0 Å². The van der Waals surface area contributed by atoms with E-state index in [4.69, 9.17) is 4.74 Å². The Morgan fingerprint density at radius 1 is 0.955 bits per heavy atom. The van der Waals surface area contributed by atoms with Gasteiger partial charge in [0.25, 0.3) is 0 Å². The number of hydrogen-bond acceptors (Lipinski definition) is 2. The highest BCUT2D eigenvalue weighted by molar-refractivity contribution is 5.14. The first-order valence-corrected chi connectivity index (χ1v) is 7.88. The fraction of sp³-hybridized carbons (Fsp3) is 0.300. The number of nitrogens with one attached hydrogen (secondary N) is 1. The van der Waals surface area contributed by atoms with Gasteiger partial charge in [0.05, 0.1) is 6.61 Å². The molecule has 2 heteroatoms. The summed E-state index contributed by atoms with van der Waals surface area (Å²) in [7, 11) is 0. The maximum atomic E-state index is 5.77. The van der Waals surface area contributed by atoms with E-state index in [0.29, 0.717) is 12.6 Å². The lowest BCUT2D eigenvalue weighted by Gasteiger charge is -2.17. The van der Waals surface area contributed by atoms with Crippen molar-refractivity contribution in [1.29, 1.82) is 0 Å². The Kier molecular flexibility index (Phi) is 7.44. The first kappa shape index (κ1) is 16.5. The molecule has 2 aromatic carbocycles.